The van der Waals surface area contributed by atoms with E-state index in [9.17, 15) is 21.6 Å². The zero-order valence-corrected chi connectivity index (χ0v) is 11.7. The van der Waals surface area contributed by atoms with Gasteiger partial charge in [0.25, 0.3) is 20.2 Å². The van der Waals surface area contributed by atoms with Crippen LogP contribution in [-0.4, -0.2) is 50.0 Å². The Bertz CT molecular complexity index is 516. The summed E-state index contributed by atoms with van der Waals surface area (Å²) in [5.74, 6) is -1.77. The van der Waals surface area contributed by atoms with Gasteiger partial charge < -0.3 is 4.74 Å². The van der Waals surface area contributed by atoms with E-state index < -0.39 is 37.7 Å². The summed E-state index contributed by atoms with van der Waals surface area (Å²) in [7, 11) is -8.15. The molecule has 112 valence electrons. The Hall–Kier alpha value is -0.970. The number of ether oxygens (including phenoxy) is 1. The average molecular weight is 316 g/mol. The molecule has 0 unspecified atom stereocenters. The van der Waals surface area contributed by atoms with Crippen LogP contribution in [-0.2, 0) is 29.8 Å². The molecular weight excluding hydrogens is 300 g/mol. The molecule has 8 nitrogen and oxygen atoms in total. The molecule has 0 amide bonds. The van der Waals surface area contributed by atoms with Crippen molar-refractivity contribution in [3.63, 3.8) is 0 Å². The molecule has 0 heterocycles. The predicted octanol–water partition coefficient (Wildman–Crippen LogP) is 0.0317. The van der Waals surface area contributed by atoms with Gasteiger partial charge in [0.1, 0.15) is 0 Å². The van der Waals surface area contributed by atoms with Crippen LogP contribution in [0.2, 0.25) is 0 Å². The van der Waals surface area contributed by atoms with Crippen molar-refractivity contribution in [3.8, 4) is 0 Å². The van der Waals surface area contributed by atoms with Gasteiger partial charge in [0.15, 0.2) is 0 Å². The zero-order valence-electron chi connectivity index (χ0n) is 10.1. The van der Waals surface area contributed by atoms with Gasteiger partial charge in [-0.2, -0.15) is 16.8 Å². The summed E-state index contributed by atoms with van der Waals surface area (Å²) in [6.07, 6.45) is 0.0115. The Balaban J connectivity index is 3.86. The summed E-state index contributed by atoms with van der Waals surface area (Å²) in [6, 6.07) is 0. The lowest BCUT2D eigenvalue weighted by molar-refractivity contribution is -0.139. The molecule has 10 heteroatoms. The second kappa shape index (κ2) is 7.58. The summed E-state index contributed by atoms with van der Waals surface area (Å²) in [6.45, 7) is 3.18. The van der Waals surface area contributed by atoms with Gasteiger partial charge in [0.05, 0.1) is 18.1 Å². The van der Waals surface area contributed by atoms with Crippen LogP contribution < -0.4 is 0 Å². The SMILES string of the molecule is C=C(CCCS(=O)(=O)O)C(=O)OCCCS(=O)(=O)O. The van der Waals surface area contributed by atoms with Crippen LogP contribution in [0.15, 0.2) is 12.2 Å². The van der Waals surface area contributed by atoms with E-state index in [-0.39, 0.29) is 31.4 Å². The maximum Gasteiger partial charge on any atom is 0.333 e. The largest absolute Gasteiger partial charge is 0.462 e. The van der Waals surface area contributed by atoms with Gasteiger partial charge in [-0.05, 0) is 19.3 Å². The van der Waals surface area contributed by atoms with Crippen LogP contribution in [0.1, 0.15) is 19.3 Å². The van der Waals surface area contributed by atoms with Crippen molar-refractivity contribution in [2.45, 2.75) is 19.3 Å². The topological polar surface area (TPSA) is 135 Å². The van der Waals surface area contributed by atoms with Crippen molar-refractivity contribution < 1.29 is 35.5 Å². The van der Waals surface area contributed by atoms with Crippen LogP contribution in [0.5, 0.6) is 0 Å². The first kappa shape index (κ1) is 18.0. The first-order valence-electron chi connectivity index (χ1n) is 5.26. The van der Waals surface area contributed by atoms with E-state index in [0.29, 0.717) is 0 Å². The first-order chi connectivity index (χ1) is 8.51. The van der Waals surface area contributed by atoms with Crippen LogP contribution in [0.25, 0.3) is 0 Å². The highest BCUT2D eigenvalue weighted by Crippen LogP contribution is 2.06. The maximum absolute atomic E-state index is 11.3. The molecule has 0 bridgehead atoms. The van der Waals surface area contributed by atoms with Crippen LogP contribution in [0, 0.1) is 0 Å². The van der Waals surface area contributed by atoms with Gasteiger partial charge in [-0.3, -0.25) is 9.11 Å². The Morgan fingerprint density at radius 1 is 1.00 bits per heavy atom. The standard InChI is InChI=1S/C9H16O8S2/c1-8(4-2-6-18(11,12)13)9(10)17-5-3-7-19(14,15)16/h1-7H2,(H,11,12,13)(H,14,15,16). The molecule has 0 aromatic heterocycles. The number of hydrogen-bond donors (Lipinski definition) is 2. The molecule has 0 radical (unpaired) electrons. The van der Waals surface area contributed by atoms with Crippen molar-refractivity contribution in [2.24, 2.45) is 0 Å². The molecule has 0 aromatic carbocycles. The van der Waals surface area contributed by atoms with E-state index in [2.05, 4.69) is 11.3 Å². The number of carbonyl (C=O) groups excluding carboxylic acids is 1. The smallest absolute Gasteiger partial charge is 0.333 e. The molecule has 2 N–H and O–H groups in total. The fourth-order valence-electron chi connectivity index (χ4n) is 1.08. The third-order valence-electron chi connectivity index (χ3n) is 1.95. The molecule has 0 saturated carbocycles. The number of esters is 1. The van der Waals surface area contributed by atoms with Gasteiger partial charge >= 0.3 is 5.97 Å². The third kappa shape index (κ3) is 11.8. The highest BCUT2D eigenvalue weighted by Gasteiger charge is 2.11. The monoisotopic (exact) mass is 316 g/mol. The summed E-state index contributed by atoms with van der Waals surface area (Å²) in [4.78, 5) is 11.3. The lowest BCUT2D eigenvalue weighted by Crippen LogP contribution is -2.13. The van der Waals surface area contributed by atoms with Gasteiger partial charge in [-0.25, -0.2) is 4.79 Å². The van der Waals surface area contributed by atoms with Gasteiger partial charge in [0, 0.05) is 5.57 Å². The minimum Gasteiger partial charge on any atom is -0.462 e. The maximum atomic E-state index is 11.3. The van der Waals surface area contributed by atoms with Crippen LogP contribution >= 0.6 is 0 Å². The molecule has 0 aliphatic rings. The molecule has 0 saturated heterocycles. The number of rotatable bonds is 9. The summed E-state index contributed by atoms with van der Waals surface area (Å²) >= 11 is 0. The predicted molar refractivity (Wildman–Crippen MR) is 66.8 cm³/mol. The molecule has 0 aromatic rings. The van der Waals surface area contributed by atoms with Crippen molar-refractivity contribution in [1.82, 2.24) is 0 Å². The average Bonchev–Trinajstić information content (AvgIpc) is 2.20. The minimum absolute atomic E-state index is 0.0236. The quantitative estimate of drug-likeness (QED) is 0.263. The van der Waals surface area contributed by atoms with Crippen molar-refractivity contribution in [2.75, 3.05) is 18.1 Å². The molecule has 19 heavy (non-hydrogen) atoms. The molecule has 0 aliphatic carbocycles. The number of hydrogen-bond acceptors (Lipinski definition) is 6. The highest BCUT2D eigenvalue weighted by molar-refractivity contribution is 7.86. The van der Waals surface area contributed by atoms with Crippen LogP contribution in [0.4, 0.5) is 0 Å². The van der Waals surface area contributed by atoms with E-state index in [0.717, 1.165) is 0 Å². The van der Waals surface area contributed by atoms with Crippen LogP contribution in [0.3, 0.4) is 0 Å². The minimum atomic E-state index is -4.08. The Labute approximate surface area is 112 Å². The Kier molecular flexibility index (Phi) is 7.19. The van der Waals surface area contributed by atoms with Gasteiger partial charge in [-0.1, -0.05) is 6.58 Å². The van der Waals surface area contributed by atoms with Gasteiger partial charge in [-0.15, -0.1) is 0 Å². The summed E-state index contributed by atoms with van der Waals surface area (Å²) in [5, 5.41) is 0. The second-order valence-corrected chi connectivity index (χ2v) is 6.91. The third-order valence-corrected chi connectivity index (χ3v) is 3.56. The molecule has 0 rings (SSSR count). The summed E-state index contributed by atoms with van der Waals surface area (Å²) in [5.41, 5.74) is 0.0236. The molecule has 0 spiro atoms. The molecular formula is C9H16O8S2. The van der Waals surface area contributed by atoms with E-state index in [1.807, 2.05) is 0 Å². The molecule has 0 fully saturated rings. The summed E-state index contributed by atoms with van der Waals surface area (Å²) < 4.78 is 63.1. The zero-order chi connectivity index (χ0) is 15.1. The molecule has 0 aliphatic heterocycles. The van der Waals surface area contributed by atoms with Crippen molar-refractivity contribution in [3.05, 3.63) is 12.2 Å². The van der Waals surface area contributed by atoms with E-state index in [1.54, 1.807) is 0 Å². The second-order valence-electron chi connectivity index (χ2n) is 3.77. The number of carbonyl (C=O) groups is 1. The molecule has 0 atom stereocenters. The fraction of sp³-hybridized carbons (Fsp3) is 0.667. The van der Waals surface area contributed by atoms with Gasteiger partial charge in [0.2, 0.25) is 0 Å². The lowest BCUT2D eigenvalue weighted by Gasteiger charge is -2.06. The van der Waals surface area contributed by atoms with Crippen molar-refractivity contribution >= 4 is 26.2 Å². The van der Waals surface area contributed by atoms with Crippen molar-refractivity contribution in [1.29, 1.82) is 0 Å². The lowest BCUT2D eigenvalue weighted by atomic mass is 10.2. The normalized spacial score (nSPS) is 12.1. The highest BCUT2D eigenvalue weighted by atomic mass is 32.2. The Morgan fingerprint density at radius 3 is 1.95 bits per heavy atom. The van der Waals surface area contributed by atoms with E-state index in [1.165, 1.54) is 0 Å². The Morgan fingerprint density at radius 2 is 1.47 bits per heavy atom. The first-order valence-corrected chi connectivity index (χ1v) is 8.48. The van der Waals surface area contributed by atoms with E-state index >= 15 is 0 Å². The van der Waals surface area contributed by atoms with E-state index in [4.69, 9.17) is 9.11 Å². The fourth-order valence-corrected chi connectivity index (χ4v) is 2.07.